The molecule has 2 N–H and O–H groups in total. The molecule has 21 heavy (non-hydrogen) atoms. The number of nitrogens with one attached hydrogen (secondary N) is 1. The summed E-state index contributed by atoms with van der Waals surface area (Å²) in [6.45, 7) is 2.36. The van der Waals surface area contributed by atoms with E-state index in [0.717, 1.165) is 5.56 Å². The maximum Gasteiger partial charge on any atom is 0.321 e. The number of carbonyl (C=O) groups is 2. The highest BCUT2D eigenvalue weighted by Gasteiger charge is 2.15. The van der Waals surface area contributed by atoms with Gasteiger partial charge in [0.1, 0.15) is 0 Å². The van der Waals surface area contributed by atoms with Crippen molar-refractivity contribution in [3.05, 3.63) is 29.8 Å². The van der Waals surface area contributed by atoms with E-state index < -0.39 is 5.97 Å². The number of aryl methyl sites for hydroxylation is 1. The molecular formula is C15H22N2O4. The van der Waals surface area contributed by atoms with Gasteiger partial charge >= 0.3 is 12.0 Å². The predicted octanol–water partition coefficient (Wildman–Crippen LogP) is 2.20. The van der Waals surface area contributed by atoms with Gasteiger partial charge in [0.15, 0.2) is 0 Å². The Bertz CT molecular complexity index is 490. The molecule has 0 spiro atoms. The van der Waals surface area contributed by atoms with Gasteiger partial charge in [-0.05, 0) is 31.0 Å². The summed E-state index contributed by atoms with van der Waals surface area (Å²) in [7, 11) is 3.29. The highest BCUT2D eigenvalue weighted by molar-refractivity contribution is 5.89. The number of anilines is 1. The lowest BCUT2D eigenvalue weighted by Crippen LogP contribution is -2.40. The summed E-state index contributed by atoms with van der Waals surface area (Å²) in [6, 6.07) is 6.94. The lowest BCUT2D eigenvalue weighted by Gasteiger charge is -2.24. The van der Waals surface area contributed by atoms with E-state index >= 15 is 0 Å². The van der Waals surface area contributed by atoms with Gasteiger partial charge in [-0.2, -0.15) is 0 Å². The van der Waals surface area contributed by atoms with Crippen LogP contribution in [0.5, 0.6) is 0 Å². The summed E-state index contributed by atoms with van der Waals surface area (Å²) in [5.41, 5.74) is 1.53. The summed E-state index contributed by atoms with van der Waals surface area (Å²) < 4.78 is 5.02. The minimum atomic E-state index is -0.836. The molecule has 1 atom stereocenters. The van der Waals surface area contributed by atoms with E-state index in [1.807, 2.05) is 13.0 Å². The second kappa shape index (κ2) is 8.26. The molecule has 1 aromatic rings. The Morgan fingerprint density at radius 1 is 1.43 bits per heavy atom. The van der Waals surface area contributed by atoms with E-state index in [4.69, 9.17) is 9.84 Å². The monoisotopic (exact) mass is 294 g/mol. The average molecular weight is 294 g/mol. The first-order valence-corrected chi connectivity index (χ1v) is 6.77. The number of amides is 2. The second-order valence-electron chi connectivity index (χ2n) is 4.94. The summed E-state index contributed by atoms with van der Waals surface area (Å²) in [5.74, 6) is -0.836. The first-order valence-electron chi connectivity index (χ1n) is 6.77. The van der Waals surface area contributed by atoms with Crippen LogP contribution in [0.1, 0.15) is 18.9 Å². The van der Waals surface area contributed by atoms with Gasteiger partial charge in [-0.3, -0.25) is 4.79 Å². The molecule has 0 aliphatic carbocycles. The van der Waals surface area contributed by atoms with Gasteiger partial charge in [0, 0.05) is 26.3 Å². The third kappa shape index (κ3) is 5.83. The molecule has 0 heterocycles. The Labute approximate surface area is 124 Å². The zero-order valence-corrected chi connectivity index (χ0v) is 12.6. The van der Waals surface area contributed by atoms with Gasteiger partial charge in [-0.1, -0.05) is 12.1 Å². The SMILES string of the molecule is COCC(C)N(C)C(=O)Nc1cccc(CCC(=O)O)c1. The van der Waals surface area contributed by atoms with E-state index in [0.29, 0.717) is 18.7 Å². The number of urea groups is 1. The van der Waals surface area contributed by atoms with E-state index in [1.165, 1.54) is 0 Å². The molecule has 0 fully saturated rings. The second-order valence-corrected chi connectivity index (χ2v) is 4.94. The number of rotatable bonds is 7. The Morgan fingerprint density at radius 3 is 2.76 bits per heavy atom. The molecule has 1 rings (SSSR count). The maximum atomic E-state index is 12.1. The molecule has 0 bridgehead atoms. The van der Waals surface area contributed by atoms with E-state index in [9.17, 15) is 9.59 Å². The summed E-state index contributed by atoms with van der Waals surface area (Å²) in [5, 5.41) is 11.5. The minimum Gasteiger partial charge on any atom is -0.481 e. The van der Waals surface area contributed by atoms with Crippen molar-refractivity contribution in [1.29, 1.82) is 0 Å². The lowest BCUT2D eigenvalue weighted by molar-refractivity contribution is -0.136. The number of methoxy groups -OCH3 is 1. The van der Waals surface area contributed by atoms with Crippen molar-refractivity contribution in [2.24, 2.45) is 0 Å². The number of carbonyl (C=O) groups excluding carboxylic acids is 1. The number of benzene rings is 1. The number of carboxylic acid groups (broad SMARTS) is 1. The van der Waals surface area contributed by atoms with Crippen molar-refractivity contribution in [3.8, 4) is 0 Å². The Morgan fingerprint density at radius 2 is 2.14 bits per heavy atom. The van der Waals surface area contributed by atoms with E-state index in [-0.39, 0.29) is 18.5 Å². The lowest BCUT2D eigenvalue weighted by atomic mass is 10.1. The van der Waals surface area contributed by atoms with Gasteiger partial charge in [-0.25, -0.2) is 4.79 Å². The van der Waals surface area contributed by atoms with Gasteiger partial charge in [0.05, 0.1) is 12.6 Å². The smallest absolute Gasteiger partial charge is 0.321 e. The highest BCUT2D eigenvalue weighted by Crippen LogP contribution is 2.13. The number of ether oxygens (including phenoxy) is 1. The fraction of sp³-hybridized carbons (Fsp3) is 0.467. The molecule has 0 aliphatic heterocycles. The van der Waals surface area contributed by atoms with Gasteiger partial charge in [-0.15, -0.1) is 0 Å². The molecule has 0 radical (unpaired) electrons. The van der Waals surface area contributed by atoms with E-state index in [1.54, 1.807) is 37.3 Å². The van der Waals surface area contributed by atoms with Crippen molar-refractivity contribution < 1.29 is 19.4 Å². The van der Waals surface area contributed by atoms with Gasteiger partial charge < -0.3 is 20.1 Å². The molecule has 116 valence electrons. The van der Waals surface area contributed by atoms with Crippen molar-refractivity contribution in [1.82, 2.24) is 4.90 Å². The molecular weight excluding hydrogens is 272 g/mol. The van der Waals surface area contributed by atoms with Crippen LogP contribution in [0.2, 0.25) is 0 Å². The summed E-state index contributed by atoms with van der Waals surface area (Å²) >= 11 is 0. The van der Waals surface area contributed by atoms with Gasteiger partial charge in [0.2, 0.25) is 0 Å². The van der Waals surface area contributed by atoms with Crippen LogP contribution in [0.25, 0.3) is 0 Å². The van der Waals surface area contributed by atoms with Crippen LogP contribution < -0.4 is 5.32 Å². The topological polar surface area (TPSA) is 78.9 Å². The first kappa shape index (κ1) is 17.0. The zero-order chi connectivity index (χ0) is 15.8. The number of nitrogens with zero attached hydrogens (tertiary/aromatic N) is 1. The molecule has 6 nitrogen and oxygen atoms in total. The van der Waals surface area contributed by atoms with Gasteiger partial charge in [0.25, 0.3) is 0 Å². The van der Waals surface area contributed by atoms with Crippen LogP contribution in [0.4, 0.5) is 10.5 Å². The first-order chi connectivity index (χ1) is 9.93. The van der Waals surface area contributed by atoms with Crippen molar-refractivity contribution in [3.63, 3.8) is 0 Å². The predicted molar refractivity (Wildman–Crippen MR) is 80.5 cm³/mol. The number of hydrogen-bond donors (Lipinski definition) is 2. The van der Waals surface area contributed by atoms with Crippen LogP contribution in [-0.4, -0.2) is 48.8 Å². The zero-order valence-electron chi connectivity index (χ0n) is 12.6. The highest BCUT2D eigenvalue weighted by atomic mass is 16.5. The molecule has 1 unspecified atom stereocenters. The minimum absolute atomic E-state index is 0.0369. The van der Waals surface area contributed by atoms with Crippen LogP contribution in [-0.2, 0) is 16.0 Å². The Kier molecular flexibility index (Phi) is 6.68. The van der Waals surface area contributed by atoms with Crippen LogP contribution >= 0.6 is 0 Å². The van der Waals surface area contributed by atoms with Crippen LogP contribution in [0, 0.1) is 0 Å². The fourth-order valence-electron chi connectivity index (χ4n) is 1.82. The number of likely N-dealkylation sites (N-methyl/N-ethyl adjacent to an activating group) is 1. The third-order valence-corrected chi connectivity index (χ3v) is 3.20. The quantitative estimate of drug-likeness (QED) is 0.808. The summed E-state index contributed by atoms with van der Waals surface area (Å²) in [6.07, 6.45) is 0.511. The molecule has 6 heteroatoms. The molecule has 2 amide bonds. The van der Waals surface area contributed by atoms with Crippen molar-refractivity contribution in [2.75, 3.05) is 26.1 Å². The molecule has 0 aromatic heterocycles. The Balaban J connectivity index is 2.63. The van der Waals surface area contributed by atoms with E-state index in [2.05, 4.69) is 5.32 Å². The number of aliphatic carboxylic acids is 1. The number of carboxylic acids is 1. The molecule has 0 saturated carbocycles. The molecule has 0 saturated heterocycles. The normalized spacial score (nSPS) is 11.8. The fourth-order valence-corrected chi connectivity index (χ4v) is 1.82. The van der Waals surface area contributed by atoms with Crippen LogP contribution in [0.3, 0.4) is 0 Å². The maximum absolute atomic E-state index is 12.1. The standard InChI is InChI=1S/C15H22N2O4/c1-11(10-21-3)17(2)15(20)16-13-6-4-5-12(9-13)7-8-14(18)19/h4-6,9,11H,7-8,10H2,1-3H3,(H,16,20)(H,18,19). The summed E-state index contributed by atoms with van der Waals surface area (Å²) in [4.78, 5) is 24.2. The molecule has 1 aromatic carbocycles. The number of hydrogen-bond acceptors (Lipinski definition) is 3. The molecule has 0 aliphatic rings. The largest absolute Gasteiger partial charge is 0.481 e. The van der Waals surface area contributed by atoms with Crippen molar-refractivity contribution in [2.45, 2.75) is 25.8 Å². The van der Waals surface area contributed by atoms with Crippen molar-refractivity contribution >= 4 is 17.7 Å². The van der Waals surface area contributed by atoms with Crippen LogP contribution in [0.15, 0.2) is 24.3 Å². The average Bonchev–Trinajstić information content (AvgIpc) is 2.45. The third-order valence-electron chi connectivity index (χ3n) is 3.20. The Hall–Kier alpha value is -2.08.